The highest BCUT2D eigenvalue weighted by molar-refractivity contribution is 6.30. The van der Waals surface area contributed by atoms with Crippen LogP contribution < -0.4 is 16.0 Å². The van der Waals surface area contributed by atoms with Gasteiger partial charge in [0.25, 0.3) is 0 Å². The second kappa shape index (κ2) is 14.9. The number of hydrogen-bond donors (Lipinski definition) is 4. The first kappa shape index (κ1) is 33.7. The van der Waals surface area contributed by atoms with E-state index in [1.54, 1.807) is 12.1 Å². The van der Waals surface area contributed by atoms with Gasteiger partial charge >= 0.3 is 12.2 Å². The van der Waals surface area contributed by atoms with Gasteiger partial charge < -0.3 is 35.4 Å². The first-order valence-electron chi connectivity index (χ1n) is 15.5. The van der Waals surface area contributed by atoms with E-state index in [1.807, 2.05) is 60.7 Å². The molecule has 1 heterocycles. The Morgan fingerprint density at radius 3 is 2.21 bits per heavy atom. The van der Waals surface area contributed by atoms with Crippen LogP contribution in [0.15, 0.2) is 72.8 Å². The van der Waals surface area contributed by atoms with E-state index in [4.69, 9.17) is 21.1 Å². The standard InChI is InChI=1S/C35H39ClN4O7/c1-22(37-33(43)47-19-29-27-10-5-3-8-25(27)26-9-4-6-11-28(26)29)31(41)38-30(20-46-2)32(42)39-35(16-7-17-40(21-35)34(44)45)18-23-12-14-24(36)15-13-23/h3-6,8-15,22,29-30H,7,16-21H2,1-2H3,(H,37,43)(H,38,41)(H,39,42)(H,44,45). The van der Waals surface area contributed by atoms with Gasteiger partial charge in [-0.15, -0.1) is 0 Å². The molecule has 47 heavy (non-hydrogen) atoms. The molecule has 4 amide bonds. The topological polar surface area (TPSA) is 146 Å². The number of rotatable bonds is 11. The molecule has 1 saturated heterocycles. The quantitative estimate of drug-likeness (QED) is 0.235. The van der Waals surface area contributed by atoms with E-state index in [-0.39, 0.29) is 25.7 Å². The molecule has 3 unspecified atom stereocenters. The van der Waals surface area contributed by atoms with Gasteiger partial charge in [0.2, 0.25) is 11.8 Å². The van der Waals surface area contributed by atoms with Crippen molar-refractivity contribution in [2.24, 2.45) is 0 Å². The first-order chi connectivity index (χ1) is 22.6. The number of alkyl carbamates (subject to hydrolysis) is 1. The molecule has 2 aliphatic rings. The van der Waals surface area contributed by atoms with Gasteiger partial charge in [-0.3, -0.25) is 9.59 Å². The lowest BCUT2D eigenvalue weighted by Crippen LogP contribution is -2.64. The molecule has 3 atom stereocenters. The number of methoxy groups -OCH3 is 1. The summed E-state index contributed by atoms with van der Waals surface area (Å²) in [5.41, 5.74) is 4.29. The molecular formula is C35H39ClN4O7. The number of halogens is 1. The number of piperidine rings is 1. The van der Waals surface area contributed by atoms with Crippen molar-refractivity contribution in [1.82, 2.24) is 20.9 Å². The van der Waals surface area contributed by atoms with Crippen LogP contribution in [0.1, 0.15) is 42.4 Å². The Balaban J connectivity index is 1.20. The number of carboxylic acid groups (broad SMARTS) is 1. The summed E-state index contributed by atoms with van der Waals surface area (Å²) in [7, 11) is 1.40. The summed E-state index contributed by atoms with van der Waals surface area (Å²) < 4.78 is 10.8. The number of carbonyl (C=O) groups excluding carboxylic acids is 3. The van der Waals surface area contributed by atoms with Crippen molar-refractivity contribution in [2.45, 2.75) is 49.7 Å². The third-order valence-corrected chi connectivity index (χ3v) is 8.98. The molecule has 248 valence electrons. The van der Waals surface area contributed by atoms with Crippen LogP contribution >= 0.6 is 11.6 Å². The predicted octanol–water partition coefficient (Wildman–Crippen LogP) is 4.57. The number of amides is 4. The summed E-state index contributed by atoms with van der Waals surface area (Å²) in [5.74, 6) is -1.28. The molecule has 1 fully saturated rings. The summed E-state index contributed by atoms with van der Waals surface area (Å²) in [6.45, 7) is 1.86. The minimum absolute atomic E-state index is 0.0735. The van der Waals surface area contributed by atoms with E-state index >= 15 is 0 Å². The lowest BCUT2D eigenvalue weighted by Gasteiger charge is -2.43. The van der Waals surface area contributed by atoms with Gasteiger partial charge in [0.05, 0.1) is 12.1 Å². The number of fused-ring (bicyclic) bond motifs is 3. The van der Waals surface area contributed by atoms with Crippen LogP contribution in [0.25, 0.3) is 11.1 Å². The zero-order chi connectivity index (χ0) is 33.6. The van der Waals surface area contributed by atoms with Crippen molar-refractivity contribution in [3.63, 3.8) is 0 Å². The van der Waals surface area contributed by atoms with Gasteiger partial charge in [-0.05, 0) is 66.1 Å². The molecule has 0 spiro atoms. The average Bonchev–Trinajstić information content (AvgIpc) is 3.38. The maximum Gasteiger partial charge on any atom is 0.407 e. The summed E-state index contributed by atoms with van der Waals surface area (Å²) in [5, 5.41) is 18.5. The maximum atomic E-state index is 13.7. The average molecular weight is 663 g/mol. The number of likely N-dealkylation sites (tertiary alicyclic amines) is 1. The third-order valence-electron chi connectivity index (χ3n) is 8.73. The van der Waals surface area contributed by atoms with Crippen LogP contribution in [-0.2, 0) is 25.5 Å². The van der Waals surface area contributed by atoms with Crippen LogP contribution in [0.2, 0.25) is 5.02 Å². The number of nitrogens with one attached hydrogen (secondary N) is 3. The van der Waals surface area contributed by atoms with Crippen LogP contribution in [0.4, 0.5) is 9.59 Å². The zero-order valence-corrected chi connectivity index (χ0v) is 27.1. The zero-order valence-electron chi connectivity index (χ0n) is 26.3. The Morgan fingerprint density at radius 1 is 0.957 bits per heavy atom. The van der Waals surface area contributed by atoms with Gasteiger partial charge in [-0.2, -0.15) is 0 Å². The van der Waals surface area contributed by atoms with Crippen molar-refractivity contribution >= 4 is 35.6 Å². The summed E-state index contributed by atoms with van der Waals surface area (Å²) in [6, 6.07) is 21.0. The van der Waals surface area contributed by atoms with Gasteiger partial charge in [-0.25, -0.2) is 9.59 Å². The fraction of sp³-hybridized carbons (Fsp3) is 0.371. The molecule has 1 aliphatic carbocycles. The van der Waals surface area contributed by atoms with Crippen molar-refractivity contribution < 1.29 is 33.8 Å². The van der Waals surface area contributed by atoms with E-state index in [1.165, 1.54) is 18.9 Å². The predicted molar refractivity (Wildman–Crippen MR) is 176 cm³/mol. The van der Waals surface area contributed by atoms with Crippen molar-refractivity contribution in [3.05, 3.63) is 94.5 Å². The largest absolute Gasteiger partial charge is 0.465 e. The van der Waals surface area contributed by atoms with Crippen molar-refractivity contribution in [2.75, 3.05) is 33.4 Å². The molecule has 0 aromatic heterocycles. The van der Waals surface area contributed by atoms with Crippen molar-refractivity contribution in [3.8, 4) is 11.1 Å². The molecule has 3 aromatic rings. The van der Waals surface area contributed by atoms with E-state index in [0.717, 1.165) is 27.8 Å². The molecular weight excluding hydrogens is 624 g/mol. The number of benzene rings is 3. The molecule has 4 N–H and O–H groups in total. The molecule has 1 aliphatic heterocycles. The molecule has 5 rings (SSSR count). The Bertz CT molecular complexity index is 1570. The lowest BCUT2D eigenvalue weighted by atomic mass is 9.82. The summed E-state index contributed by atoms with van der Waals surface area (Å²) in [4.78, 5) is 52.8. The number of carbonyl (C=O) groups is 4. The highest BCUT2D eigenvalue weighted by atomic mass is 35.5. The summed E-state index contributed by atoms with van der Waals surface area (Å²) >= 11 is 6.06. The highest BCUT2D eigenvalue weighted by Gasteiger charge is 2.40. The molecule has 12 heteroatoms. The van der Waals surface area contributed by atoms with Gasteiger partial charge in [0.15, 0.2) is 0 Å². The van der Waals surface area contributed by atoms with Gasteiger partial charge in [-0.1, -0.05) is 72.3 Å². The van der Waals surface area contributed by atoms with Gasteiger partial charge in [0, 0.05) is 31.1 Å². The minimum Gasteiger partial charge on any atom is -0.465 e. The second-order valence-corrected chi connectivity index (χ2v) is 12.5. The number of ether oxygens (including phenoxy) is 2. The minimum atomic E-state index is -1.11. The maximum absolute atomic E-state index is 13.7. The van der Waals surface area contributed by atoms with Crippen LogP contribution in [0.5, 0.6) is 0 Å². The second-order valence-electron chi connectivity index (χ2n) is 12.1. The fourth-order valence-corrected chi connectivity index (χ4v) is 6.58. The van der Waals surface area contributed by atoms with E-state index in [9.17, 15) is 24.3 Å². The molecule has 0 saturated carbocycles. The molecule has 0 radical (unpaired) electrons. The smallest absolute Gasteiger partial charge is 0.407 e. The Morgan fingerprint density at radius 2 is 1.60 bits per heavy atom. The van der Waals surface area contributed by atoms with Crippen LogP contribution in [0.3, 0.4) is 0 Å². The SMILES string of the molecule is COCC(NC(=O)C(C)NC(=O)OCC1c2ccccc2-c2ccccc21)C(=O)NC1(Cc2ccc(Cl)cc2)CCCN(C(=O)O)C1. The van der Waals surface area contributed by atoms with E-state index in [0.29, 0.717) is 30.8 Å². The molecule has 0 bridgehead atoms. The van der Waals surface area contributed by atoms with Crippen LogP contribution in [-0.4, -0.2) is 85.0 Å². The number of hydrogen-bond acceptors (Lipinski definition) is 6. The van der Waals surface area contributed by atoms with Crippen molar-refractivity contribution in [1.29, 1.82) is 0 Å². The Hall–Kier alpha value is -4.61. The fourth-order valence-electron chi connectivity index (χ4n) is 6.46. The highest BCUT2D eigenvalue weighted by Crippen LogP contribution is 2.44. The first-order valence-corrected chi connectivity index (χ1v) is 15.9. The van der Waals surface area contributed by atoms with E-state index < -0.39 is 41.6 Å². The lowest BCUT2D eigenvalue weighted by molar-refractivity contribution is -0.132. The van der Waals surface area contributed by atoms with Gasteiger partial charge in [0.1, 0.15) is 18.7 Å². The monoisotopic (exact) mass is 662 g/mol. The summed E-state index contributed by atoms with van der Waals surface area (Å²) in [6.07, 6.45) is -0.414. The van der Waals surface area contributed by atoms with E-state index in [2.05, 4.69) is 16.0 Å². The molecule has 3 aromatic carbocycles. The van der Waals surface area contributed by atoms with Crippen LogP contribution in [0, 0.1) is 0 Å². The normalized spacial score (nSPS) is 18.3. The Labute approximate surface area is 278 Å². The number of nitrogens with zero attached hydrogens (tertiary/aromatic N) is 1. The Kier molecular flexibility index (Phi) is 10.7. The molecule has 11 nitrogen and oxygen atoms in total. The third kappa shape index (κ3) is 8.04.